The number of pyridine rings is 1. The van der Waals surface area contributed by atoms with E-state index in [4.69, 9.17) is 4.98 Å². The first kappa shape index (κ1) is 14.2. The molecular weight excluding hydrogens is 302 g/mol. The number of thioether (sulfide) groups is 1. The van der Waals surface area contributed by atoms with Crippen molar-refractivity contribution in [2.24, 2.45) is 0 Å². The van der Waals surface area contributed by atoms with Gasteiger partial charge in [-0.05, 0) is 30.2 Å². The van der Waals surface area contributed by atoms with Crippen LogP contribution >= 0.6 is 11.8 Å². The predicted octanol–water partition coefficient (Wildman–Crippen LogP) is 4.97. The molecular formula is C20H15NOS. The lowest BCUT2D eigenvalue weighted by atomic mass is 10.0. The molecule has 1 atom stereocenters. The van der Waals surface area contributed by atoms with Crippen LogP contribution in [0, 0.1) is 6.92 Å². The number of rotatable bonds is 2. The molecule has 0 spiro atoms. The molecule has 0 bridgehead atoms. The molecule has 0 unspecified atom stereocenters. The van der Waals surface area contributed by atoms with E-state index in [1.807, 2.05) is 30.3 Å². The van der Waals surface area contributed by atoms with Crippen LogP contribution in [0.25, 0.3) is 17.0 Å². The topological polar surface area (TPSA) is 30.0 Å². The van der Waals surface area contributed by atoms with E-state index in [-0.39, 0.29) is 5.25 Å². The van der Waals surface area contributed by atoms with Crippen molar-refractivity contribution >= 4 is 35.0 Å². The van der Waals surface area contributed by atoms with Crippen LogP contribution < -0.4 is 0 Å². The minimum atomic E-state index is 0.00942. The van der Waals surface area contributed by atoms with E-state index in [0.29, 0.717) is 0 Å². The third kappa shape index (κ3) is 2.47. The van der Waals surface area contributed by atoms with Gasteiger partial charge in [0, 0.05) is 16.5 Å². The average Bonchev–Trinajstić information content (AvgIpc) is 2.60. The third-order valence-electron chi connectivity index (χ3n) is 4.13. The van der Waals surface area contributed by atoms with Crippen molar-refractivity contribution in [2.75, 3.05) is 0 Å². The molecule has 0 amide bonds. The lowest BCUT2D eigenvalue weighted by Crippen LogP contribution is -2.06. The van der Waals surface area contributed by atoms with Gasteiger partial charge in [0.2, 0.25) is 0 Å². The Bertz CT molecular complexity index is 931. The first-order valence-corrected chi connectivity index (χ1v) is 8.43. The van der Waals surface area contributed by atoms with Crippen molar-refractivity contribution in [2.45, 2.75) is 17.2 Å². The van der Waals surface area contributed by atoms with E-state index in [1.165, 1.54) is 5.56 Å². The molecule has 3 heteroatoms. The van der Waals surface area contributed by atoms with Gasteiger partial charge in [-0.3, -0.25) is 4.79 Å². The molecule has 2 nitrogen and oxygen atoms in total. The molecule has 23 heavy (non-hydrogen) atoms. The van der Waals surface area contributed by atoms with Crippen LogP contribution in [-0.2, 0) is 4.79 Å². The number of carbonyl (C=O) groups is 1. The molecule has 0 saturated heterocycles. The van der Waals surface area contributed by atoms with E-state index < -0.39 is 0 Å². The Labute approximate surface area is 139 Å². The summed E-state index contributed by atoms with van der Waals surface area (Å²) in [4.78, 5) is 16.4. The van der Waals surface area contributed by atoms with Gasteiger partial charge < -0.3 is 0 Å². The number of hydrogen-bond donors (Lipinski definition) is 0. The van der Waals surface area contributed by atoms with E-state index >= 15 is 0 Å². The number of hydrogen-bond acceptors (Lipinski definition) is 3. The fourth-order valence-corrected chi connectivity index (χ4v) is 4.14. The van der Waals surface area contributed by atoms with Crippen LogP contribution in [-0.4, -0.2) is 11.3 Å². The quantitative estimate of drug-likeness (QED) is 0.625. The number of nitrogens with zero attached hydrogens (tertiary/aromatic N) is 1. The smallest absolute Gasteiger partial charge is 0.147 e. The Kier molecular flexibility index (Phi) is 3.50. The zero-order valence-corrected chi connectivity index (χ0v) is 13.5. The first-order valence-electron chi connectivity index (χ1n) is 7.55. The Morgan fingerprint density at radius 3 is 2.70 bits per heavy atom. The highest BCUT2D eigenvalue weighted by atomic mass is 32.2. The summed E-state index contributed by atoms with van der Waals surface area (Å²) in [5.41, 5.74) is 5.17. The monoisotopic (exact) mass is 317 g/mol. The Morgan fingerprint density at radius 2 is 1.91 bits per heavy atom. The highest BCUT2D eigenvalue weighted by molar-refractivity contribution is 7.99. The molecule has 2 aromatic carbocycles. The molecule has 0 N–H and O–H groups in total. The molecule has 4 rings (SSSR count). The van der Waals surface area contributed by atoms with E-state index in [1.54, 1.807) is 11.8 Å². The lowest BCUT2D eigenvalue weighted by molar-refractivity contribution is -0.104. The summed E-state index contributed by atoms with van der Waals surface area (Å²) in [5, 5.41) is 2.12. The molecule has 2 heterocycles. The van der Waals surface area contributed by atoms with Crippen LogP contribution in [0.2, 0.25) is 0 Å². The number of aromatic nitrogens is 1. The van der Waals surface area contributed by atoms with Crippen molar-refractivity contribution in [3.05, 3.63) is 76.9 Å². The fraction of sp³-hybridized carbons (Fsp3) is 0.100. The summed E-state index contributed by atoms with van der Waals surface area (Å²) >= 11 is 1.66. The van der Waals surface area contributed by atoms with Crippen LogP contribution in [0.4, 0.5) is 0 Å². The third-order valence-corrected chi connectivity index (χ3v) is 5.46. The van der Waals surface area contributed by atoms with Crippen molar-refractivity contribution in [3.63, 3.8) is 0 Å². The summed E-state index contributed by atoms with van der Waals surface area (Å²) < 4.78 is 0. The zero-order chi connectivity index (χ0) is 15.8. The minimum absolute atomic E-state index is 0.00942. The summed E-state index contributed by atoms with van der Waals surface area (Å²) in [7, 11) is 0. The van der Waals surface area contributed by atoms with Crippen LogP contribution in [0.1, 0.15) is 21.9 Å². The van der Waals surface area contributed by atoms with Crippen molar-refractivity contribution < 1.29 is 4.79 Å². The largest absolute Gasteiger partial charge is 0.298 e. The summed E-state index contributed by atoms with van der Waals surface area (Å²) in [5.74, 6) is 0. The first-order chi connectivity index (χ1) is 11.3. The second-order valence-electron chi connectivity index (χ2n) is 5.70. The highest BCUT2D eigenvalue weighted by Crippen LogP contribution is 2.45. The standard InChI is InChI=1S/C20H15NOS/c1-13-6-5-9-15-10-16-11-17(12-22)19(14-7-3-2-4-8-14)23-20(16)21-18(13)15/h2-12,19H,1H3/t19-/m1/s1. The van der Waals surface area contributed by atoms with E-state index in [0.717, 1.165) is 38.9 Å². The second kappa shape index (κ2) is 5.67. The Hall–Kier alpha value is -2.39. The second-order valence-corrected chi connectivity index (χ2v) is 6.79. The van der Waals surface area contributed by atoms with Crippen molar-refractivity contribution in [1.82, 2.24) is 4.98 Å². The number of carbonyl (C=O) groups excluding carboxylic acids is 1. The van der Waals surface area contributed by atoms with Gasteiger partial charge in [-0.15, -0.1) is 0 Å². The maximum Gasteiger partial charge on any atom is 0.147 e. The molecule has 112 valence electrons. The van der Waals surface area contributed by atoms with E-state index in [9.17, 15) is 4.79 Å². The van der Waals surface area contributed by atoms with Gasteiger partial charge in [0.05, 0.1) is 10.8 Å². The van der Waals surface area contributed by atoms with Gasteiger partial charge in [0.25, 0.3) is 0 Å². The normalized spacial score (nSPS) is 16.7. The van der Waals surface area contributed by atoms with Crippen molar-refractivity contribution in [1.29, 1.82) is 0 Å². The number of fused-ring (bicyclic) bond motifs is 2. The number of benzene rings is 2. The molecule has 3 aromatic rings. The van der Waals surface area contributed by atoms with Gasteiger partial charge in [0.1, 0.15) is 11.3 Å². The summed E-state index contributed by atoms with van der Waals surface area (Å²) in [6, 6.07) is 18.4. The molecule has 0 fully saturated rings. The van der Waals surface area contributed by atoms with Gasteiger partial charge >= 0.3 is 0 Å². The van der Waals surface area contributed by atoms with Gasteiger partial charge in [-0.25, -0.2) is 4.98 Å². The van der Waals surface area contributed by atoms with Crippen LogP contribution in [0.5, 0.6) is 0 Å². The summed E-state index contributed by atoms with van der Waals surface area (Å²) in [6.45, 7) is 2.08. The number of aryl methyl sites for hydroxylation is 1. The molecule has 0 aliphatic carbocycles. The van der Waals surface area contributed by atoms with Crippen LogP contribution in [0.3, 0.4) is 0 Å². The molecule has 1 aliphatic heterocycles. The average molecular weight is 317 g/mol. The molecule has 0 saturated carbocycles. The lowest BCUT2D eigenvalue weighted by Gasteiger charge is -2.23. The maximum atomic E-state index is 11.6. The van der Waals surface area contributed by atoms with Gasteiger partial charge in [-0.1, -0.05) is 60.3 Å². The van der Waals surface area contributed by atoms with Crippen molar-refractivity contribution in [3.8, 4) is 0 Å². The molecule has 0 radical (unpaired) electrons. The number of para-hydroxylation sites is 1. The molecule has 1 aromatic heterocycles. The number of aldehydes is 1. The maximum absolute atomic E-state index is 11.6. The van der Waals surface area contributed by atoms with Gasteiger partial charge in [-0.2, -0.15) is 0 Å². The summed E-state index contributed by atoms with van der Waals surface area (Å²) in [6.07, 6.45) is 2.94. The highest BCUT2D eigenvalue weighted by Gasteiger charge is 2.25. The van der Waals surface area contributed by atoms with E-state index in [2.05, 4.69) is 37.3 Å². The minimum Gasteiger partial charge on any atom is -0.298 e. The molecule has 1 aliphatic rings. The Balaban J connectivity index is 1.88. The zero-order valence-electron chi connectivity index (χ0n) is 12.7. The van der Waals surface area contributed by atoms with Crippen LogP contribution in [0.15, 0.2) is 65.2 Å². The predicted molar refractivity (Wildman–Crippen MR) is 95.6 cm³/mol. The fourth-order valence-electron chi connectivity index (χ4n) is 2.96. The van der Waals surface area contributed by atoms with Gasteiger partial charge in [0.15, 0.2) is 0 Å². The SMILES string of the molecule is Cc1cccc2cc3c(nc12)S[C@H](c1ccccc1)C(C=O)=C3. The Morgan fingerprint density at radius 1 is 1.09 bits per heavy atom.